The van der Waals surface area contributed by atoms with Crippen molar-refractivity contribution in [2.75, 3.05) is 18.4 Å². The van der Waals surface area contributed by atoms with Crippen LogP contribution in [0.1, 0.15) is 33.1 Å². The molecule has 118 valence electrons. The van der Waals surface area contributed by atoms with Gasteiger partial charge in [0, 0.05) is 12.2 Å². The number of rotatable bonds is 5. The molecule has 2 rings (SSSR count). The predicted molar refractivity (Wildman–Crippen MR) is 86.6 cm³/mol. The summed E-state index contributed by atoms with van der Waals surface area (Å²) in [6.45, 7) is 5.45. The number of nitriles is 1. The van der Waals surface area contributed by atoms with Gasteiger partial charge in [-0.15, -0.1) is 0 Å². The van der Waals surface area contributed by atoms with E-state index in [2.05, 4.69) is 25.4 Å². The topological polar surface area (TPSA) is 59.4 Å². The van der Waals surface area contributed by atoms with Crippen molar-refractivity contribution in [1.29, 1.82) is 5.26 Å². The predicted octanol–water partition coefficient (Wildman–Crippen LogP) is 2.83. The quantitative estimate of drug-likeness (QED) is 0.850. The minimum absolute atomic E-state index is 0.0150. The number of para-hydroxylation sites is 1. The SMILES string of the molecule is CC(C)CC(Nc1ccccc1)C(=O)N1CCCCN1C#N. The van der Waals surface area contributed by atoms with Crippen LogP contribution in [0.15, 0.2) is 30.3 Å². The molecule has 1 unspecified atom stereocenters. The van der Waals surface area contributed by atoms with Crippen molar-refractivity contribution in [2.45, 2.75) is 39.2 Å². The molecule has 1 amide bonds. The first-order valence-electron chi connectivity index (χ1n) is 7.92. The molecule has 0 saturated carbocycles. The minimum Gasteiger partial charge on any atom is -0.374 e. The Balaban J connectivity index is 2.13. The molecule has 1 saturated heterocycles. The zero-order chi connectivity index (χ0) is 15.9. The first kappa shape index (κ1) is 16.2. The fourth-order valence-corrected chi connectivity index (χ4v) is 2.71. The van der Waals surface area contributed by atoms with E-state index in [0.717, 1.165) is 24.9 Å². The van der Waals surface area contributed by atoms with Gasteiger partial charge in [-0.1, -0.05) is 32.0 Å². The Morgan fingerprint density at radius 2 is 1.95 bits per heavy atom. The van der Waals surface area contributed by atoms with Crippen molar-refractivity contribution in [1.82, 2.24) is 10.0 Å². The number of benzene rings is 1. The zero-order valence-electron chi connectivity index (χ0n) is 13.3. The average Bonchev–Trinajstić information content (AvgIpc) is 2.54. The summed E-state index contributed by atoms with van der Waals surface area (Å²) in [7, 11) is 0. The Morgan fingerprint density at radius 3 is 2.59 bits per heavy atom. The zero-order valence-corrected chi connectivity index (χ0v) is 13.3. The van der Waals surface area contributed by atoms with Crippen LogP contribution in [0.3, 0.4) is 0 Å². The molecule has 1 aliphatic rings. The summed E-state index contributed by atoms with van der Waals surface area (Å²) in [4.78, 5) is 12.9. The van der Waals surface area contributed by atoms with Gasteiger partial charge in [0.25, 0.3) is 5.91 Å². The summed E-state index contributed by atoms with van der Waals surface area (Å²) in [5, 5.41) is 15.6. The van der Waals surface area contributed by atoms with Crippen LogP contribution in [0.2, 0.25) is 0 Å². The number of hydrogen-bond acceptors (Lipinski definition) is 4. The van der Waals surface area contributed by atoms with Gasteiger partial charge in [-0.2, -0.15) is 5.26 Å². The highest BCUT2D eigenvalue weighted by Gasteiger charge is 2.30. The van der Waals surface area contributed by atoms with E-state index in [1.807, 2.05) is 30.3 Å². The molecule has 0 spiro atoms. The summed E-state index contributed by atoms with van der Waals surface area (Å²) in [5.74, 6) is 0.379. The van der Waals surface area contributed by atoms with Crippen molar-refractivity contribution in [3.05, 3.63) is 30.3 Å². The lowest BCUT2D eigenvalue weighted by molar-refractivity contribution is -0.147. The molecule has 1 aromatic carbocycles. The van der Waals surface area contributed by atoms with Crippen molar-refractivity contribution in [3.8, 4) is 6.19 Å². The Labute approximate surface area is 132 Å². The molecular formula is C17H24N4O. The number of nitrogens with zero attached hydrogens (tertiary/aromatic N) is 3. The van der Waals surface area contributed by atoms with Gasteiger partial charge in [0.15, 0.2) is 6.19 Å². The molecule has 1 fully saturated rings. The maximum Gasteiger partial charge on any atom is 0.264 e. The lowest BCUT2D eigenvalue weighted by Crippen LogP contribution is -2.53. The standard InChI is InChI=1S/C17H24N4O/c1-14(2)12-16(19-15-8-4-3-5-9-15)17(22)21-11-7-6-10-20(21)13-18/h3-5,8-9,14,16,19H,6-7,10-12H2,1-2H3. The molecule has 1 atom stereocenters. The lowest BCUT2D eigenvalue weighted by Gasteiger charge is -2.37. The van der Waals surface area contributed by atoms with E-state index in [1.54, 1.807) is 5.01 Å². The van der Waals surface area contributed by atoms with Crippen LogP contribution in [0.5, 0.6) is 0 Å². The van der Waals surface area contributed by atoms with Gasteiger partial charge in [0.05, 0.1) is 6.54 Å². The molecule has 5 heteroatoms. The number of carbonyl (C=O) groups excluding carboxylic acids is 1. The number of hydrazine groups is 1. The highest BCUT2D eigenvalue weighted by molar-refractivity contribution is 5.84. The Hall–Kier alpha value is -2.22. The second-order valence-corrected chi connectivity index (χ2v) is 6.08. The van der Waals surface area contributed by atoms with Crippen LogP contribution in [-0.4, -0.2) is 35.1 Å². The van der Waals surface area contributed by atoms with Crippen LogP contribution >= 0.6 is 0 Å². The van der Waals surface area contributed by atoms with Gasteiger partial charge in [-0.05, 0) is 37.3 Å². The normalized spacial score (nSPS) is 16.3. The Bertz CT molecular complexity index is 523. The van der Waals surface area contributed by atoms with Gasteiger partial charge in [-0.3, -0.25) is 4.79 Å². The van der Waals surface area contributed by atoms with Crippen molar-refractivity contribution >= 4 is 11.6 Å². The van der Waals surface area contributed by atoms with Crippen LogP contribution in [0.25, 0.3) is 0 Å². The summed E-state index contributed by atoms with van der Waals surface area (Å²) < 4.78 is 0. The number of nitrogens with one attached hydrogen (secondary N) is 1. The summed E-state index contributed by atoms with van der Waals surface area (Å²) in [5.41, 5.74) is 0.932. The molecule has 0 bridgehead atoms. The highest BCUT2D eigenvalue weighted by Crippen LogP contribution is 2.18. The van der Waals surface area contributed by atoms with E-state index in [-0.39, 0.29) is 11.9 Å². The van der Waals surface area contributed by atoms with Gasteiger partial charge in [0.1, 0.15) is 6.04 Å². The molecule has 1 aromatic rings. The monoisotopic (exact) mass is 300 g/mol. The maximum absolute atomic E-state index is 12.9. The fraction of sp³-hybridized carbons (Fsp3) is 0.529. The fourth-order valence-electron chi connectivity index (χ4n) is 2.71. The number of carbonyl (C=O) groups is 1. The van der Waals surface area contributed by atoms with Crippen LogP contribution in [0.4, 0.5) is 5.69 Å². The molecule has 1 aliphatic heterocycles. The molecular weight excluding hydrogens is 276 g/mol. The van der Waals surface area contributed by atoms with Crippen molar-refractivity contribution in [2.24, 2.45) is 5.92 Å². The lowest BCUT2D eigenvalue weighted by atomic mass is 10.0. The average molecular weight is 300 g/mol. The molecule has 1 heterocycles. The molecule has 5 nitrogen and oxygen atoms in total. The highest BCUT2D eigenvalue weighted by atomic mass is 16.2. The van der Waals surface area contributed by atoms with Crippen LogP contribution in [-0.2, 0) is 4.79 Å². The van der Waals surface area contributed by atoms with E-state index >= 15 is 0 Å². The molecule has 1 N–H and O–H groups in total. The largest absolute Gasteiger partial charge is 0.374 e. The second-order valence-electron chi connectivity index (χ2n) is 6.08. The van der Waals surface area contributed by atoms with Gasteiger partial charge in [-0.25, -0.2) is 10.0 Å². The summed E-state index contributed by atoms with van der Waals surface area (Å²) >= 11 is 0. The third-order valence-electron chi connectivity index (χ3n) is 3.77. The van der Waals surface area contributed by atoms with E-state index in [9.17, 15) is 10.1 Å². The van der Waals surface area contributed by atoms with E-state index < -0.39 is 0 Å². The van der Waals surface area contributed by atoms with E-state index in [0.29, 0.717) is 19.0 Å². The van der Waals surface area contributed by atoms with Crippen LogP contribution < -0.4 is 5.32 Å². The smallest absolute Gasteiger partial charge is 0.264 e. The Kier molecular flexibility index (Phi) is 5.65. The van der Waals surface area contributed by atoms with Gasteiger partial charge < -0.3 is 5.32 Å². The minimum atomic E-state index is -0.309. The van der Waals surface area contributed by atoms with E-state index in [1.165, 1.54) is 5.01 Å². The number of amides is 1. The van der Waals surface area contributed by atoms with Gasteiger partial charge in [0.2, 0.25) is 0 Å². The first-order chi connectivity index (χ1) is 10.6. The molecule has 0 aromatic heterocycles. The molecule has 0 aliphatic carbocycles. The molecule has 22 heavy (non-hydrogen) atoms. The van der Waals surface area contributed by atoms with Crippen molar-refractivity contribution in [3.63, 3.8) is 0 Å². The first-order valence-corrected chi connectivity index (χ1v) is 7.92. The summed E-state index contributed by atoms with van der Waals surface area (Å²) in [6, 6.07) is 9.45. The third-order valence-corrected chi connectivity index (χ3v) is 3.77. The Morgan fingerprint density at radius 1 is 1.27 bits per heavy atom. The second kappa shape index (κ2) is 7.69. The number of hydrogen-bond donors (Lipinski definition) is 1. The van der Waals surface area contributed by atoms with E-state index in [4.69, 9.17) is 0 Å². The van der Waals surface area contributed by atoms with Gasteiger partial charge >= 0.3 is 0 Å². The molecule has 0 radical (unpaired) electrons. The number of anilines is 1. The third kappa shape index (κ3) is 4.14. The summed E-state index contributed by atoms with van der Waals surface area (Å²) in [6.07, 6.45) is 4.76. The van der Waals surface area contributed by atoms with Crippen LogP contribution in [0, 0.1) is 17.4 Å². The van der Waals surface area contributed by atoms with Crippen molar-refractivity contribution < 1.29 is 4.79 Å². The maximum atomic E-state index is 12.9.